The van der Waals surface area contributed by atoms with Crippen LogP contribution in [-0.2, 0) is 11.2 Å². The molecule has 5 rings (SSSR count). The molecule has 1 aliphatic carbocycles. The number of H-pyrrole nitrogens is 1. The number of aryl methyl sites for hydroxylation is 1. The lowest BCUT2D eigenvalue weighted by Crippen LogP contribution is -2.38. The topological polar surface area (TPSA) is 67.8 Å². The Hall–Kier alpha value is -3.48. The van der Waals surface area contributed by atoms with Gasteiger partial charge < -0.3 is 0 Å². The van der Waals surface area contributed by atoms with Crippen molar-refractivity contribution < 1.29 is 9.18 Å². The SMILES string of the molecule is O=C1C=c2[nH]n(-c3ccccc3Cl)c(=O)c2=C(c2cccc(Cl)c2F)C(CCCc2ccncc2)C1. The Balaban J connectivity index is 1.72. The number of nitrogens with zero attached hydrogens (tertiary/aromatic N) is 2. The van der Waals surface area contributed by atoms with Gasteiger partial charge in [0, 0.05) is 30.5 Å². The van der Waals surface area contributed by atoms with Gasteiger partial charge in [-0.2, -0.15) is 0 Å². The summed E-state index contributed by atoms with van der Waals surface area (Å²) in [7, 11) is 0. The summed E-state index contributed by atoms with van der Waals surface area (Å²) in [5, 5.41) is 3.94. The number of pyridine rings is 1. The molecule has 2 aromatic carbocycles. The van der Waals surface area contributed by atoms with Gasteiger partial charge in [-0.25, -0.2) is 9.07 Å². The van der Waals surface area contributed by atoms with Gasteiger partial charge in [-0.1, -0.05) is 47.5 Å². The third-order valence-electron chi connectivity index (χ3n) is 6.45. The Morgan fingerprint density at radius 1 is 1.00 bits per heavy atom. The largest absolute Gasteiger partial charge is 0.295 e. The van der Waals surface area contributed by atoms with Gasteiger partial charge in [0.05, 0.1) is 26.3 Å². The molecule has 0 amide bonds. The molecule has 2 aromatic heterocycles. The highest BCUT2D eigenvalue weighted by Crippen LogP contribution is 2.33. The van der Waals surface area contributed by atoms with Gasteiger partial charge in [0.25, 0.3) is 5.56 Å². The zero-order chi connectivity index (χ0) is 25.2. The number of ketones is 1. The van der Waals surface area contributed by atoms with Crippen LogP contribution in [0.1, 0.15) is 30.4 Å². The molecule has 4 aromatic rings. The molecular formula is C28H22Cl2FN3O2. The van der Waals surface area contributed by atoms with E-state index in [1.807, 2.05) is 12.1 Å². The second-order valence-corrected chi connectivity index (χ2v) is 9.58. The standard InChI is InChI=1S/C28H22Cl2FN3O2/c29-21-8-1-2-10-24(21)34-28(36)26-23(33-34)16-19(35)15-18(6-3-5-17-11-13-32-14-12-17)25(26)20-7-4-9-22(30)27(20)31/h1-2,4,7-14,16,18,33H,3,5-6,15H2. The second-order valence-electron chi connectivity index (χ2n) is 8.77. The molecule has 0 spiro atoms. The molecule has 0 radical (unpaired) electrons. The highest BCUT2D eigenvalue weighted by molar-refractivity contribution is 6.32. The van der Waals surface area contributed by atoms with Crippen LogP contribution < -0.4 is 16.1 Å². The molecule has 1 aliphatic rings. The molecule has 0 bridgehead atoms. The van der Waals surface area contributed by atoms with E-state index >= 15 is 4.39 Å². The van der Waals surface area contributed by atoms with Crippen LogP contribution in [0.4, 0.5) is 4.39 Å². The molecule has 0 aliphatic heterocycles. The Labute approximate surface area is 216 Å². The summed E-state index contributed by atoms with van der Waals surface area (Å²) in [6.45, 7) is 0. The van der Waals surface area contributed by atoms with E-state index in [0.717, 1.165) is 18.4 Å². The number of rotatable bonds is 6. The fraction of sp³-hybridized carbons (Fsp3) is 0.179. The number of aromatic nitrogens is 3. The van der Waals surface area contributed by atoms with Crippen LogP contribution in [0.3, 0.4) is 0 Å². The van der Waals surface area contributed by atoms with Gasteiger partial charge in [0.2, 0.25) is 0 Å². The molecule has 1 atom stereocenters. The number of Topliss-reactive ketones (excluding diaryl/α,β-unsaturated/α-hetero) is 1. The summed E-state index contributed by atoms with van der Waals surface area (Å²) in [6, 6.07) is 15.5. The van der Waals surface area contributed by atoms with Gasteiger partial charge in [-0.05, 0) is 66.6 Å². The van der Waals surface area contributed by atoms with E-state index in [9.17, 15) is 9.59 Å². The second kappa shape index (κ2) is 10.2. The first-order chi connectivity index (χ1) is 17.4. The number of aromatic amines is 1. The minimum absolute atomic E-state index is 0.0430. The van der Waals surface area contributed by atoms with Crippen molar-refractivity contribution in [3.63, 3.8) is 0 Å². The maximum absolute atomic E-state index is 15.4. The fourth-order valence-corrected chi connectivity index (χ4v) is 5.20. The molecule has 182 valence electrons. The summed E-state index contributed by atoms with van der Waals surface area (Å²) >= 11 is 12.5. The predicted octanol–water partition coefficient (Wildman–Crippen LogP) is 4.60. The van der Waals surface area contributed by atoms with Crippen molar-refractivity contribution in [2.24, 2.45) is 5.92 Å². The van der Waals surface area contributed by atoms with Gasteiger partial charge in [0.15, 0.2) is 5.78 Å². The molecule has 1 unspecified atom stereocenters. The zero-order valence-corrected chi connectivity index (χ0v) is 20.7. The van der Waals surface area contributed by atoms with Crippen molar-refractivity contribution in [1.29, 1.82) is 0 Å². The number of benzene rings is 2. The Morgan fingerprint density at radius 2 is 1.75 bits per heavy atom. The van der Waals surface area contributed by atoms with Gasteiger partial charge in [0.1, 0.15) is 5.82 Å². The molecule has 0 fully saturated rings. The molecular weight excluding hydrogens is 500 g/mol. The quantitative estimate of drug-likeness (QED) is 0.403. The highest BCUT2D eigenvalue weighted by Gasteiger charge is 2.27. The van der Waals surface area contributed by atoms with Crippen LogP contribution >= 0.6 is 23.2 Å². The molecule has 5 nitrogen and oxygen atoms in total. The first-order valence-electron chi connectivity index (χ1n) is 11.6. The summed E-state index contributed by atoms with van der Waals surface area (Å²) < 4.78 is 16.7. The van der Waals surface area contributed by atoms with E-state index in [4.69, 9.17) is 23.2 Å². The summed E-state index contributed by atoms with van der Waals surface area (Å²) in [6.07, 6.45) is 7.15. The lowest BCUT2D eigenvalue weighted by Gasteiger charge is -2.20. The smallest absolute Gasteiger partial charge is 0.279 e. The number of para-hydroxylation sites is 1. The number of halogens is 3. The van der Waals surface area contributed by atoms with Crippen molar-refractivity contribution in [3.8, 4) is 5.69 Å². The fourth-order valence-electron chi connectivity index (χ4n) is 4.81. The van der Waals surface area contributed by atoms with Crippen LogP contribution in [0, 0.1) is 11.7 Å². The average Bonchev–Trinajstić information content (AvgIpc) is 3.09. The van der Waals surface area contributed by atoms with Crippen molar-refractivity contribution in [3.05, 3.63) is 115 Å². The zero-order valence-electron chi connectivity index (χ0n) is 19.2. The van der Waals surface area contributed by atoms with E-state index < -0.39 is 11.4 Å². The third kappa shape index (κ3) is 4.66. The number of carbonyl (C=O) groups is 1. The lowest BCUT2D eigenvalue weighted by atomic mass is 9.84. The van der Waals surface area contributed by atoms with Gasteiger partial charge >= 0.3 is 0 Å². The minimum Gasteiger partial charge on any atom is -0.295 e. The molecule has 8 heteroatoms. The summed E-state index contributed by atoms with van der Waals surface area (Å²) in [4.78, 5) is 30.8. The number of carbonyl (C=O) groups excluding carboxylic acids is 1. The van der Waals surface area contributed by atoms with Crippen LogP contribution in [0.15, 0.2) is 71.8 Å². The normalized spacial score (nSPS) is 15.4. The highest BCUT2D eigenvalue weighted by atomic mass is 35.5. The number of fused-ring (bicyclic) bond motifs is 1. The Bertz CT molecular complexity index is 1630. The van der Waals surface area contributed by atoms with E-state index in [1.54, 1.807) is 48.8 Å². The minimum atomic E-state index is -0.613. The van der Waals surface area contributed by atoms with E-state index in [0.29, 0.717) is 28.1 Å². The van der Waals surface area contributed by atoms with Crippen LogP contribution in [0.2, 0.25) is 10.0 Å². The third-order valence-corrected chi connectivity index (χ3v) is 7.06. The van der Waals surface area contributed by atoms with Gasteiger partial charge in [-0.15, -0.1) is 0 Å². The van der Waals surface area contributed by atoms with Crippen LogP contribution in [0.5, 0.6) is 0 Å². The first-order valence-corrected chi connectivity index (χ1v) is 12.4. The monoisotopic (exact) mass is 521 g/mol. The first kappa shape index (κ1) is 24.2. The maximum Gasteiger partial charge on any atom is 0.279 e. The van der Waals surface area contributed by atoms with Crippen molar-refractivity contribution >= 4 is 40.6 Å². The number of hydrogen-bond donors (Lipinski definition) is 1. The molecule has 2 heterocycles. The van der Waals surface area contributed by atoms with Crippen molar-refractivity contribution in [2.45, 2.75) is 25.7 Å². The molecule has 1 N–H and O–H groups in total. The van der Waals surface area contributed by atoms with Crippen molar-refractivity contribution in [2.75, 3.05) is 0 Å². The molecule has 0 saturated carbocycles. The molecule has 36 heavy (non-hydrogen) atoms. The summed E-state index contributed by atoms with van der Waals surface area (Å²) in [5.41, 5.74) is 1.86. The van der Waals surface area contributed by atoms with Crippen LogP contribution in [0.25, 0.3) is 17.3 Å². The predicted molar refractivity (Wildman–Crippen MR) is 139 cm³/mol. The number of hydrogen-bond acceptors (Lipinski definition) is 3. The number of nitrogens with one attached hydrogen (secondary N) is 1. The van der Waals surface area contributed by atoms with E-state index in [1.165, 1.54) is 16.8 Å². The van der Waals surface area contributed by atoms with E-state index in [2.05, 4.69) is 10.1 Å². The van der Waals surface area contributed by atoms with E-state index in [-0.39, 0.29) is 33.9 Å². The Kier molecular flexibility index (Phi) is 6.90. The van der Waals surface area contributed by atoms with Crippen LogP contribution in [-0.4, -0.2) is 20.5 Å². The molecule has 0 saturated heterocycles. The van der Waals surface area contributed by atoms with Gasteiger partial charge in [-0.3, -0.25) is 19.7 Å². The summed E-state index contributed by atoms with van der Waals surface area (Å²) in [5.74, 6) is -1.14. The Morgan fingerprint density at radius 3 is 2.53 bits per heavy atom. The van der Waals surface area contributed by atoms with Crippen molar-refractivity contribution in [1.82, 2.24) is 14.8 Å². The maximum atomic E-state index is 15.4. The average molecular weight is 522 g/mol. The lowest BCUT2D eigenvalue weighted by molar-refractivity contribution is -0.113.